The molecule has 0 aliphatic rings. The van der Waals surface area contributed by atoms with Crippen molar-refractivity contribution in [3.05, 3.63) is 122 Å². The van der Waals surface area contributed by atoms with Crippen molar-refractivity contribution >= 4 is 13.8 Å². The molecule has 0 aliphatic carbocycles. The molecule has 0 heterocycles. The van der Waals surface area contributed by atoms with Gasteiger partial charge in [0.15, 0.2) is 0 Å². The van der Waals surface area contributed by atoms with Crippen LogP contribution in [-0.4, -0.2) is 66.3 Å². The van der Waals surface area contributed by atoms with E-state index in [4.69, 9.17) is 23.6 Å². The van der Waals surface area contributed by atoms with Gasteiger partial charge in [0, 0.05) is 13.0 Å². The average molecular weight is 829 g/mol. The van der Waals surface area contributed by atoms with E-state index in [1.807, 2.05) is 0 Å². The highest BCUT2D eigenvalue weighted by Crippen LogP contribution is 2.43. The summed E-state index contributed by atoms with van der Waals surface area (Å²) in [5, 5.41) is 18.3. The van der Waals surface area contributed by atoms with E-state index in [0.29, 0.717) is 13.0 Å². The lowest BCUT2D eigenvalue weighted by atomic mass is 10.1. The topological polar surface area (TPSA) is 132 Å². The van der Waals surface area contributed by atoms with Crippen LogP contribution in [0.15, 0.2) is 122 Å². The van der Waals surface area contributed by atoms with Crippen molar-refractivity contribution in [2.24, 2.45) is 0 Å². The third-order valence-electron chi connectivity index (χ3n) is 8.14. The largest absolute Gasteiger partial charge is 0.472 e. The highest BCUT2D eigenvalue weighted by atomic mass is 31.2. The summed E-state index contributed by atoms with van der Waals surface area (Å²) in [6, 6.07) is 0. The van der Waals surface area contributed by atoms with Crippen molar-refractivity contribution in [3.8, 4) is 0 Å². The smallest absolute Gasteiger partial charge is 0.457 e. The monoisotopic (exact) mass is 829 g/mol. The molecular weight excluding hydrogens is 751 g/mol. The van der Waals surface area contributed by atoms with Crippen LogP contribution in [0.25, 0.3) is 0 Å². The first kappa shape index (κ1) is 54.9. The Hall–Kier alpha value is -3.14. The van der Waals surface area contributed by atoms with Crippen LogP contribution in [0.4, 0.5) is 0 Å². The molecule has 3 N–H and O–H groups in total. The molecule has 0 aliphatic heterocycles. The summed E-state index contributed by atoms with van der Waals surface area (Å²) in [5.74, 6) is -0.434. The normalized spacial score (nSPS) is 15.2. The molecule has 0 rings (SSSR count). The number of allylic oxidation sites excluding steroid dienone is 20. The summed E-state index contributed by atoms with van der Waals surface area (Å²) in [4.78, 5) is 22.5. The Bertz CT molecular complexity index is 1310. The SMILES string of the molecule is CC/C=C\C/C=C\C/C=C\C/C=C\C/C=C\C/C=C\C/C=C\CCCCOCC(COP(=O)(O)OCC(O)CO)OC(=O)CCCCC/C=C\C/C=C\C/C=C\CC. The fraction of sp³-hybridized carbons (Fsp3) is 0.562. The third-order valence-corrected chi connectivity index (χ3v) is 9.09. The van der Waals surface area contributed by atoms with Crippen LogP contribution in [0.2, 0.25) is 0 Å². The quantitative estimate of drug-likeness (QED) is 0.0240. The number of esters is 1. The highest BCUT2D eigenvalue weighted by molar-refractivity contribution is 7.47. The Morgan fingerprint density at radius 3 is 1.36 bits per heavy atom. The molecule has 58 heavy (non-hydrogen) atoms. The first-order valence-corrected chi connectivity index (χ1v) is 23.0. The summed E-state index contributed by atoms with van der Waals surface area (Å²) in [6.45, 7) is 3.08. The van der Waals surface area contributed by atoms with E-state index in [1.165, 1.54) is 0 Å². The maximum atomic E-state index is 12.6. The van der Waals surface area contributed by atoms with Crippen molar-refractivity contribution < 1.29 is 43.0 Å². The zero-order valence-corrected chi connectivity index (χ0v) is 36.6. The van der Waals surface area contributed by atoms with Crippen LogP contribution in [0.5, 0.6) is 0 Å². The van der Waals surface area contributed by atoms with E-state index in [0.717, 1.165) is 103 Å². The molecule has 0 fully saturated rings. The molecule has 3 unspecified atom stereocenters. The molecule has 0 aromatic rings. The number of carbonyl (C=O) groups is 1. The lowest BCUT2D eigenvalue weighted by molar-refractivity contribution is -0.154. The van der Waals surface area contributed by atoms with E-state index in [1.54, 1.807) is 0 Å². The van der Waals surface area contributed by atoms with Gasteiger partial charge in [0.05, 0.1) is 26.4 Å². The van der Waals surface area contributed by atoms with Gasteiger partial charge in [-0.05, 0) is 103 Å². The molecule has 0 radical (unpaired) electrons. The van der Waals surface area contributed by atoms with Crippen LogP contribution >= 0.6 is 7.82 Å². The number of aliphatic hydroxyl groups is 2. The molecule has 0 aromatic carbocycles. The molecule has 0 saturated carbocycles. The molecule has 9 nitrogen and oxygen atoms in total. The van der Waals surface area contributed by atoms with Crippen molar-refractivity contribution in [2.45, 2.75) is 142 Å². The summed E-state index contributed by atoms with van der Waals surface area (Å²) in [5.41, 5.74) is 0. The number of ether oxygens (including phenoxy) is 2. The number of rotatable bonds is 39. The fourth-order valence-electron chi connectivity index (χ4n) is 4.94. The van der Waals surface area contributed by atoms with Gasteiger partial charge in [-0.25, -0.2) is 4.57 Å². The number of hydrogen-bond acceptors (Lipinski definition) is 8. The summed E-state index contributed by atoms with van der Waals surface area (Å²) in [7, 11) is -4.55. The fourth-order valence-corrected chi connectivity index (χ4v) is 5.72. The van der Waals surface area contributed by atoms with E-state index in [9.17, 15) is 19.4 Å². The minimum Gasteiger partial charge on any atom is -0.457 e. The van der Waals surface area contributed by atoms with Crippen molar-refractivity contribution in [1.82, 2.24) is 0 Å². The van der Waals surface area contributed by atoms with Crippen LogP contribution in [0.1, 0.15) is 129 Å². The Morgan fingerprint density at radius 1 is 0.534 bits per heavy atom. The number of phosphoric ester groups is 1. The van der Waals surface area contributed by atoms with Crippen LogP contribution in [-0.2, 0) is 27.9 Å². The van der Waals surface area contributed by atoms with Gasteiger partial charge < -0.3 is 24.6 Å². The van der Waals surface area contributed by atoms with Gasteiger partial charge in [-0.1, -0.05) is 142 Å². The lowest BCUT2D eigenvalue weighted by Crippen LogP contribution is -2.29. The maximum Gasteiger partial charge on any atom is 0.472 e. The lowest BCUT2D eigenvalue weighted by Gasteiger charge is -2.20. The van der Waals surface area contributed by atoms with Crippen LogP contribution < -0.4 is 0 Å². The summed E-state index contributed by atoms with van der Waals surface area (Å²) < 4.78 is 33.2. The van der Waals surface area contributed by atoms with Gasteiger partial charge in [-0.3, -0.25) is 13.8 Å². The second-order valence-electron chi connectivity index (χ2n) is 13.6. The summed E-state index contributed by atoms with van der Waals surface area (Å²) in [6.07, 6.45) is 57.4. The number of phosphoric acid groups is 1. The number of unbranched alkanes of at least 4 members (excludes halogenated alkanes) is 5. The van der Waals surface area contributed by atoms with E-state index in [-0.39, 0.29) is 13.0 Å². The zero-order chi connectivity index (χ0) is 42.5. The predicted molar refractivity (Wildman–Crippen MR) is 241 cm³/mol. The molecule has 10 heteroatoms. The minimum absolute atomic E-state index is 0.00232. The molecule has 3 atom stereocenters. The standard InChI is InChI=1S/C48H77O9P/c1-3-5-7-9-11-13-15-17-18-19-20-21-22-23-24-25-26-27-29-31-33-35-37-39-41-54-44-47(45-56-58(52,53)55-43-46(50)42-49)57-48(51)40-38-36-34-32-30-28-16-14-12-10-8-6-4-2/h5-8,11-14,17-18,20-21,23-24,26-28,30-31,33,46-47,49-50H,3-4,9-10,15-16,19,22,25,29,32,34-45H2,1-2H3,(H,52,53)/b7-5-,8-6-,13-11-,14-12-,18-17-,21-20-,24-23-,27-26-,30-28-,33-31-. The molecule has 0 spiro atoms. The number of hydrogen-bond donors (Lipinski definition) is 3. The van der Waals surface area contributed by atoms with E-state index < -0.39 is 45.8 Å². The molecule has 0 bridgehead atoms. The van der Waals surface area contributed by atoms with Gasteiger partial charge in [0.1, 0.15) is 12.2 Å². The predicted octanol–water partition coefficient (Wildman–Crippen LogP) is 12.0. The van der Waals surface area contributed by atoms with E-state index >= 15 is 0 Å². The molecule has 328 valence electrons. The Morgan fingerprint density at radius 2 is 0.931 bits per heavy atom. The summed E-state index contributed by atoms with van der Waals surface area (Å²) >= 11 is 0. The molecule has 0 saturated heterocycles. The zero-order valence-electron chi connectivity index (χ0n) is 35.7. The van der Waals surface area contributed by atoms with Crippen molar-refractivity contribution in [2.75, 3.05) is 33.0 Å². The third kappa shape index (κ3) is 42.5. The van der Waals surface area contributed by atoms with Crippen molar-refractivity contribution in [1.29, 1.82) is 0 Å². The van der Waals surface area contributed by atoms with Gasteiger partial charge in [0.2, 0.25) is 0 Å². The molecule has 0 aromatic heterocycles. The second-order valence-corrected chi connectivity index (χ2v) is 15.0. The molecular formula is C48H77O9P. The molecule has 0 amide bonds. The number of aliphatic hydroxyl groups excluding tert-OH is 2. The van der Waals surface area contributed by atoms with Crippen molar-refractivity contribution in [3.63, 3.8) is 0 Å². The van der Waals surface area contributed by atoms with Gasteiger partial charge in [-0.2, -0.15) is 0 Å². The number of carbonyl (C=O) groups excluding carboxylic acids is 1. The van der Waals surface area contributed by atoms with Gasteiger partial charge >= 0.3 is 13.8 Å². The first-order valence-electron chi connectivity index (χ1n) is 21.5. The maximum absolute atomic E-state index is 12.6. The van der Waals surface area contributed by atoms with Crippen LogP contribution in [0.3, 0.4) is 0 Å². The van der Waals surface area contributed by atoms with Gasteiger partial charge in [0.25, 0.3) is 0 Å². The van der Waals surface area contributed by atoms with Gasteiger partial charge in [-0.15, -0.1) is 0 Å². The minimum atomic E-state index is -4.55. The first-order chi connectivity index (χ1) is 28.3. The Kier molecular flexibility index (Phi) is 41.1. The van der Waals surface area contributed by atoms with Crippen LogP contribution in [0, 0.1) is 0 Å². The second kappa shape index (κ2) is 43.4. The highest BCUT2D eigenvalue weighted by Gasteiger charge is 2.26. The Labute approximate surface area is 352 Å². The average Bonchev–Trinajstić information content (AvgIpc) is 3.21. The van der Waals surface area contributed by atoms with E-state index in [2.05, 4.69) is 135 Å². The Balaban J connectivity index is 4.31.